The molecule has 0 aliphatic rings. The fraction of sp³-hybridized carbons (Fsp3) is 0.308. The third-order valence-corrected chi connectivity index (χ3v) is 3.89. The molecule has 3 aromatic rings. The van der Waals surface area contributed by atoms with E-state index in [-0.39, 0.29) is 0 Å². The van der Waals surface area contributed by atoms with Crippen LogP contribution in [0.1, 0.15) is 29.1 Å². The van der Waals surface area contributed by atoms with Gasteiger partial charge in [0.2, 0.25) is 0 Å². The summed E-state index contributed by atoms with van der Waals surface area (Å²) in [6, 6.07) is 2.12. The molecule has 7 heteroatoms. The summed E-state index contributed by atoms with van der Waals surface area (Å²) in [5.41, 5.74) is 9.98. The second kappa shape index (κ2) is 5.87. The SMILES string of the molecule is Nc1ncc(CCCc2n[nH]nc2Cc2ccsc2)[nH]1. The highest BCUT2D eigenvalue weighted by molar-refractivity contribution is 7.07. The van der Waals surface area contributed by atoms with Gasteiger partial charge < -0.3 is 10.7 Å². The van der Waals surface area contributed by atoms with Crippen molar-refractivity contribution in [1.29, 1.82) is 0 Å². The Balaban J connectivity index is 1.56. The topological polar surface area (TPSA) is 96.3 Å². The average molecular weight is 288 g/mol. The van der Waals surface area contributed by atoms with Gasteiger partial charge in [-0.15, -0.1) is 0 Å². The maximum Gasteiger partial charge on any atom is 0.197 e. The van der Waals surface area contributed by atoms with Crippen molar-refractivity contribution in [3.8, 4) is 0 Å². The van der Waals surface area contributed by atoms with E-state index >= 15 is 0 Å². The maximum atomic E-state index is 5.55. The number of hydrogen-bond acceptors (Lipinski definition) is 5. The molecule has 3 aromatic heterocycles. The second-order valence-corrected chi connectivity index (χ2v) is 5.45. The monoisotopic (exact) mass is 288 g/mol. The lowest BCUT2D eigenvalue weighted by Crippen LogP contribution is -1.97. The fourth-order valence-corrected chi connectivity index (χ4v) is 2.82. The van der Waals surface area contributed by atoms with E-state index in [0.717, 1.165) is 42.8 Å². The smallest absolute Gasteiger partial charge is 0.197 e. The third-order valence-electron chi connectivity index (χ3n) is 3.16. The van der Waals surface area contributed by atoms with Gasteiger partial charge in [0.05, 0.1) is 17.6 Å². The lowest BCUT2D eigenvalue weighted by molar-refractivity contribution is 0.774. The minimum Gasteiger partial charge on any atom is -0.369 e. The molecule has 0 atom stereocenters. The predicted molar refractivity (Wildman–Crippen MR) is 78.5 cm³/mol. The number of nitrogen functional groups attached to an aromatic ring is 1. The molecule has 0 fully saturated rings. The summed E-state index contributed by atoms with van der Waals surface area (Å²) in [4.78, 5) is 7.02. The first-order valence-electron chi connectivity index (χ1n) is 6.50. The van der Waals surface area contributed by atoms with Crippen molar-refractivity contribution in [3.05, 3.63) is 45.7 Å². The third kappa shape index (κ3) is 3.05. The van der Waals surface area contributed by atoms with Crippen LogP contribution in [-0.4, -0.2) is 25.4 Å². The number of anilines is 1. The van der Waals surface area contributed by atoms with Gasteiger partial charge in [0, 0.05) is 12.1 Å². The van der Waals surface area contributed by atoms with E-state index in [0.29, 0.717) is 5.95 Å². The fourth-order valence-electron chi connectivity index (χ4n) is 2.15. The molecule has 0 bridgehead atoms. The largest absolute Gasteiger partial charge is 0.369 e. The summed E-state index contributed by atoms with van der Waals surface area (Å²) in [6.45, 7) is 0. The lowest BCUT2D eigenvalue weighted by Gasteiger charge is -1.99. The van der Waals surface area contributed by atoms with Crippen molar-refractivity contribution in [2.75, 3.05) is 5.73 Å². The Morgan fingerprint density at radius 3 is 2.85 bits per heavy atom. The van der Waals surface area contributed by atoms with E-state index in [9.17, 15) is 0 Å². The van der Waals surface area contributed by atoms with Crippen LogP contribution in [0.25, 0.3) is 0 Å². The molecule has 20 heavy (non-hydrogen) atoms. The van der Waals surface area contributed by atoms with Crippen LogP contribution < -0.4 is 5.73 Å². The van der Waals surface area contributed by atoms with Gasteiger partial charge in [0.25, 0.3) is 0 Å². The molecule has 0 radical (unpaired) electrons. The number of aromatic nitrogens is 5. The average Bonchev–Trinajstić information content (AvgIpc) is 3.15. The Hall–Kier alpha value is -2.15. The maximum absolute atomic E-state index is 5.55. The Bertz CT molecular complexity index is 654. The summed E-state index contributed by atoms with van der Waals surface area (Å²) < 4.78 is 0. The van der Waals surface area contributed by atoms with Crippen molar-refractivity contribution < 1.29 is 0 Å². The van der Waals surface area contributed by atoms with Crippen LogP contribution in [0.15, 0.2) is 23.0 Å². The van der Waals surface area contributed by atoms with Crippen LogP contribution in [0.4, 0.5) is 5.95 Å². The molecule has 0 unspecified atom stereocenters. The van der Waals surface area contributed by atoms with E-state index in [2.05, 4.69) is 42.2 Å². The first-order valence-corrected chi connectivity index (χ1v) is 7.44. The van der Waals surface area contributed by atoms with Crippen molar-refractivity contribution in [3.63, 3.8) is 0 Å². The molecule has 104 valence electrons. The predicted octanol–water partition coefficient (Wildman–Crippen LogP) is 1.94. The summed E-state index contributed by atoms with van der Waals surface area (Å²) in [7, 11) is 0. The quantitative estimate of drug-likeness (QED) is 0.645. The number of aromatic amines is 2. The lowest BCUT2D eigenvalue weighted by atomic mass is 10.1. The Morgan fingerprint density at radius 1 is 1.20 bits per heavy atom. The molecule has 0 aliphatic heterocycles. The number of hydrogen-bond donors (Lipinski definition) is 3. The summed E-state index contributed by atoms with van der Waals surface area (Å²) in [5.74, 6) is 0.472. The Kier molecular flexibility index (Phi) is 3.78. The van der Waals surface area contributed by atoms with Gasteiger partial charge in [-0.05, 0) is 41.7 Å². The van der Waals surface area contributed by atoms with Gasteiger partial charge in [0.1, 0.15) is 0 Å². The second-order valence-electron chi connectivity index (χ2n) is 4.67. The van der Waals surface area contributed by atoms with Crippen molar-refractivity contribution in [1.82, 2.24) is 25.4 Å². The number of nitrogens with two attached hydrogens (primary N) is 1. The molecule has 0 aromatic carbocycles. The highest BCUT2D eigenvalue weighted by atomic mass is 32.1. The minimum atomic E-state index is 0.472. The zero-order valence-corrected chi connectivity index (χ0v) is 11.8. The molecule has 0 saturated heterocycles. The molecule has 0 aliphatic carbocycles. The van der Waals surface area contributed by atoms with E-state index in [1.165, 1.54) is 5.56 Å². The number of nitrogens with zero attached hydrogens (tertiary/aromatic N) is 3. The summed E-state index contributed by atoms with van der Waals surface area (Å²) in [6.07, 6.45) is 5.42. The normalized spacial score (nSPS) is 11.0. The summed E-state index contributed by atoms with van der Waals surface area (Å²) >= 11 is 1.70. The van der Waals surface area contributed by atoms with E-state index in [1.807, 2.05) is 0 Å². The molecule has 0 saturated carbocycles. The van der Waals surface area contributed by atoms with Crippen LogP contribution in [0.2, 0.25) is 0 Å². The molecule has 0 amide bonds. The summed E-state index contributed by atoms with van der Waals surface area (Å²) in [5, 5.41) is 15.5. The molecule has 6 nitrogen and oxygen atoms in total. The molecular formula is C13H16N6S. The van der Waals surface area contributed by atoms with Crippen molar-refractivity contribution in [2.45, 2.75) is 25.7 Å². The standard InChI is InChI=1S/C13H16N6S/c14-13-15-7-10(16-13)2-1-3-11-12(18-19-17-11)6-9-4-5-20-8-9/h4-5,7-8H,1-3,6H2,(H3,14,15,16)(H,17,18,19). The van der Waals surface area contributed by atoms with E-state index in [4.69, 9.17) is 5.73 Å². The number of imidazole rings is 1. The molecule has 0 spiro atoms. The molecule has 3 heterocycles. The number of nitrogens with one attached hydrogen (secondary N) is 2. The van der Waals surface area contributed by atoms with Crippen molar-refractivity contribution in [2.24, 2.45) is 0 Å². The van der Waals surface area contributed by atoms with Crippen LogP contribution in [0.5, 0.6) is 0 Å². The van der Waals surface area contributed by atoms with Crippen LogP contribution in [-0.2, 0) is 19.3 Å². The van der Waals surface area contributed by atoms with Gasteiger partial charge in [-0.2, -0.15) is 26.7 Å². The Labute approximate surface area is 120 Å². The van der Waals surface area contributed by atoms with E-state index < -0.39 is 0 Å². The zero-order valence-electron chi connectivity index (χ0n) is 11.0. The first kappa shape index (κ1) is 12.9. The highest BCUT2D eigenvalue weighted by Gasteiger charge is 2.09. The highest BCUT2D eigenvalue weighted by Crippen LogP contribution is 2.14. The van der Waals surface area contributed by atoms with Crippen LogP contribution in [0.3, 0.4) is 0 Å². The number of H-pyrrole nitrogens is 2. The van der Waals surface area contributed by atoms with Crippen LogP contribution >= 0.6 is 11.3 Å². The number of thiophene rings is 1. The zero-order chi connectivity index (χ0) is 13.8. The molecule has 3 rings (SSSR count). The van der Waals surface area contributed by atoms with Crippen LogP contribution in [0, 0.1) is 0 Å². The van der Waals surface area contributed by atoms with Gasteiger partial charge in [-0.3, -0.25) is 0 Å². The van der Waals surface area contributed by atoms with Gasteiger partial charge in [-0.25, -0.2) is 4.98 Å². The van der Waals surface area contributed by atoms with Gasteiger partial charge in [0.15, 0.2) is 5.95 Å². The van der Waals surface area contributed by atoms with Crippen molar-refractivity contribution >= 4 is 17.3 Å². The molecular weight excluding hydrogens is 272 g/mol. The van der Waals surface area contributed by atoms with E-state index in [1.54, 1.807) is 17.5 Å². The number of rotatable bonds is 6. The first-order chi connectivity index (χ1) is 9.81. The molecule has 4 N–H and O–H groups in total. The van der Waals surface area contributed by atoms with Gasteiger partial charge >= 0.3 is 0 Å². The minimum absolute atomic E-state index is 0.472. The Morgan fingerprint density at radius 2 is 2.10 bits per heavy atom. The van der Waals surface area contributed by atoms with Gasteiger partial charge in [-0.1, -0.05) is 0 Å². The number of aryl methyl sites for hydroxylation is 2.